The number of aliphatic carboxylic acids is 1. The number of benzene rings is 2. The fraction of sp³-hybridized carbons (Fsp3) is 0.200. The zero-order valence-corrected chi connectivity index (χ0v) is 14.3. The van der Waals surface area contributed by atoms with Gasteiger partial charge in [0.05, 0.1) is 12.5 Å². The van der Waals surface area contributed by atoms with Crippen LogP contribution >= 0.6 is 0 Å². The molecule has 0 aliphatic rings. The maximum absolute atomic E-state index is 14.6. The number of rotatable bonds is 7. The van der Waals surface area contributed by atoms with Gasteiger partial charge in [-0.1, -0.05) is 30.3 Å². The van der Waals surface area contributed by atoms with Crippen molar-refractivity contribution >= 4 is 22.6 Å². The minimum Gasteiger partial charge on any atom is -0.496 e. The number of halogens is 1. The lowest BCUT2D eigenvalue weighted by molar-refractivity contribution is -0.137. The van der Waals surface area contributed by atoms with Crippen LogP contribution in [0.4, 0.5) is 10.2 Å². The van der Waals surface area contributed by atoms with E-state index in [1.165, 1.54) is 6.07 Å². The highest BCUT2D eigenvalue weighted by Gasteiger charge is 2.15. The molecule has 0 aliphatic carbocycles. The monoisotopic (exact) mass is 354 g/mol. The van der Waals surface area contributed by atoms with Crippen molar-refractivity contribution in [1.29, 1.82) is 0 Å². The molecule has 1 heterocycles. The molecule has 5 nitrogen and oxygen atoms in total. The molecule has 0 aliphatic heterocycles. The quantitative estimate of drug-likeness (QED) is 0.618. The van der Waals surface area contributed by atoms with Crippen LogP contribution in [0.3, 0.4) is 0 Å². The highest BCUT2D eigenvalue weighted by atomic mass is 19.1. The van der Waals surface area contributed by atoms with E-state index in [0.29, 0.717) is 35.3 Å². The molecule has 26 heavy (non-hydrogen) atoms. The average Bonchev–Trinajstić information content (AvgIpc) is 2.65. The first-order chi connectivity index (χ1) is 12.6. The minimum atomic E-state index is -0.859. The third kappa shape index (κ3) is 3.59. The summed E-state index contributed by atoms with van der Waals surface area (Å²) in [7, 11) is 1.59. The average molecular weight is 354 g/mol. The number of pyridine rings is 1. The number of nitrogens with zero attached hydrogens (tertiary/aromatic N) is 1. The van der Waals surface area contributed by atoms with Crippen molar-refractivity contribution < 1.29 is 19.0 Å². The molecule has 0 atom stereocenters. The van der Waals surface area contributed by atoms with Crippen LogP contribution in [-0.4, -0.2) is 29.7 Å². The Morgan fingerprint density at radius 1 is 1.19 bits per heavy atom. The van der Waals surface area contributed by atoms with Crippen molar-refractivity contribution in [3.8, 4) is 16.9 Å². The molecule has 0 unspecified atom stereocenters. The standard InChI is InChI=1S/C20H19FN2O3/c1-26-17-9-3-2-6-13(17)15-12-23-20(22-11-5-10-18(24)25)19-14(15)7-4-8-16(19)21/h2-4,6-9,12H,5,10-11H2,1H3,(H,22,23)(H,24,25). The summed E-state index contributed by atoms with van der Waals surface area (Å²) in [6, 6.07) is 12.4. The summed E-state index contributed by atoms with van der Waals surface area (Å²) in [5.74, 6) is -0.154. The molecule has 1 aromatic heterocycles. The van der Waals surface area contributed by atoms with Crippen molar-refractivity contribution in [2.75, 3.05) is 19.0 Å². The molecule has 2 aromatic carbocycles. The van der Waals surface area contributed by atoms with E-state index in [-0.39, 0.29) is 12.2 Å². The predicted molar refractivity (Wildman–Crippen MR) is 99.0 cm³/mol. The van der Waals surface area contributed by atoms with Crippen LogP contribution in [0.15, 0.2) is 48.7 Å². The molecule has 0 radical (unpaired) electrons. The van der Waals surface area contributed by atoms with E-state index in [4.69, 9.17) is 9.84 Å². The summed E-state index contributed by atoms with van der Waals surface area (Å²) >= 11 is 0. The second kappa shape index (κ2) is 7.82. The van der Waals surface area contributed by atoms with E-state index in [0.717, 1.165) is 11.1 Å². The van der Waals surface area contributed by atoms with Gasteiger partial charge in [0.2, 0.25) is 0 Å². The van der Waals surface area contributed by atoms with Gasteiger partial charge in [0, 0.05) is 30.3 Å². The Morgan fingerprint density at radius 2 is 2.00 bits per heavy atom. The second-order valence-electron chi connectivity index (χ2n) is 5.81. The lowest BCUT2D eigenvalue weighted by atomic mass is 9.99. The summed E-state index contributed by atoms with van der Waals surface area (Å²) in [5, 5.41) is 12.9. The van der Waals surface area contributed by atoms with Crippen LogP contribution in [-0.2, 0) is 4.79 Å². The Balaban J connectivity index is 2.04. The molecule has 0 bridgehead atoms. The fourth-order valence-electron chi connectivity index (χ4n) is 2.91. The summed E-state index contributed by atoms with van der Waals surface area (Å²) in [4.78, 5) is 15.0. The van der Waals surface area contributed by atoms with E-state index >= 15 is 0 Å². The minimum absolute atomic E-state index is 0.0483. The molecular weight excluding hydrogens is 335 g/mol. The summed E-state index contributed by atoms with van der Waals surface area (Å²) in [5.41, 5.74) is 1.60. The van der Waals surface area contributed by atoms with Crippen molar-refractivity contribution in [3.63, 3.8) is 0 Å². The smallest absolute Gasteiger partial charge is 0.303 e. The number of carboxylic acid groups (broad SMARTS) is 1. The van der Waals surface area contributed by atoms with Crippen LogP contribution in [0.2, 0.25) is 0 Å². The number of fused-ring (bicyclic) bond motifs is 1. The maximum atomic E-state index is 14.6. The van der Waals surface area contributed by atoms with Gasteiger partial charge in [-0.3, -0.25) is 4.79 Å². The molecule has 3 rings (SSSR count). The molecule has 0 fully saturated rings. The number of methoxy groups -OCH3 is 1. The van der Waals surface area contributed by atoms with E-state index in [2.05, 4.69) is 10.3 Å². The lowest BCUT2D eigenvalue weighted by Gasteiger charge is -2.14. The number of carboxylic acids is 1. The van der Waals surface area contributed by atoms with Crippen LogP contribution < -0.4 is 10.1 Å². The Hall–Kier alpha value is -3.15. The number of carbonyl (C=O) groups is 1. The third-order valence-electron chi connectivity index (χ3n) is 4.12. The van der Waals surface area contributed by atoms with Crippen LogP contribution in [0.1, 0.15) is 12.8 Å². The Morgan fingerprint density at radius 3 is 2.77 bits per heavy atom. The maximum Gasteiger partial charge on any atom is 0.303 e. The van der Waals surface area contributed by atoms with Gasteiger partial charge in [0.25, 0.3) is 0 Å². The van der Waals surface area contributed by atoms with Crippen molar-refractivity contribution in [3.05, 3.63) is 54.5 Å². The lowest BCUT2D eigenvalue weighted by Crippen LogP contribution is -2.07. The second-order valence-corrected chi connectivity index (χ2v) is 5.81. The van der Waals surface area contributed by atoms with E-state index < -0.39 is 5.97 Å². The van der Waals surface area contributed by atoms with Gasteiger partial charge in [0.1, 0.15) is 17.4 Å². The van der Waals surface area contributed by atoms with Crippen LogP contribution in [0.25, 0.3) is 21.9 Å². The van der Waals surface area contributed by atoms with E-state index in [1.807, 2.05) is 30.3 Å². The Labute approximate surface area is 150 Å². The first kappa shape index (κ1) is 17.7. The molecule has 2 N–H and O–H groups in total. The third-order valence-corrected chi connectivity index (χ3v) is 4.12. The van der Waals surface area contributed by atoms with Gasteiger partial charge in [-0.05, 0) is 23.9 Å². The number of ether oxygens (including phenoxy) is 1. The number of para-hydroxylation sites is 1. The van der Waals surface area contributed by atoms with Gasteiger partial charge >= 0.3 is 5.97 Å². The summed E-state index contributed by atoms with van der Waals surface area (Å²) < 4.78 is 20.0. The van der Waals surface area contributed by atoms with Crippen molar-refractivity contribution in [1.82, 2.24) is 4.98 Å². The molecule has 134 valence electrons. The zero-order valence-electron chi connectivity index (χ0n) is 14.3. The van der Waals surface area contributed by atoms with E-state index in [9.17, 15) is 9.18 Å². The highest BCUT2D eigenvalue weighted by Crippen LogP contribution is 2.37. The number of anilines is 1. The molecule has 0 saturated heterocycles. The summed E-state index contributed by atoms with van der Waals surface area (Å²) in [6.07, 6.45) is 2.16. The SMILES string of the molecule is COc1ccccc1-c1cnc(NCCCC(=O)O)c2c(F)cccc12. The Bertz CT molecular complexity index is 943. The van der Waals surface area contributed by atoms with Gasteiger partial charge in [0.15, 0.2) is 0 Å². The largest absolute Gasteiger partial charge is 0.496 e. The van der Waals surface area contributed by atoms with Crippen molar-refractivity contribution in [2.45, 2.75) is 12.8 Å². The molecule has 6 heteroatoms. The molecular formula is C20H19FN2O3. The normalized spacial score (nSPS) is 10.7. The number of hydrogen-bond acceptors (Lipinski definition) is 4. The highest BCUT2D eigenvalue weighted by molar-refractivity contribution is 6.03. The summed E-state index contributed by atoms with van der Waals surface area (Å²) in [6.45, 7) is 0.400. The van der Waals surface area contributed by atoms with E-state index in [1.54, 1.807) is 19.4 Å². The van der Waals surface area contributed by atoms with Crippen LogP contribution in [0, 0.1) is 5.82 Å². The molecule has 0 spiro atoms. The first-order valence-electron chi connectivity index (χ1n) is 8.28. The van der Waals surface area contributed by atoms with Gasteiger partial charge in [-0.15, -0.1) is 0 Å². The molecule has 0 amide bonds. The van der Waals surface area contributed by atoms with Gasteiger partial charge < -0.3 is 15.2 Å². The molecule has 3 aromatic rings. The first-order valence-corrected chi connectivity index (χ1v) is 8.28. The van der Waals surface area contributed by atoms with Crippen molar-refractivity contribution in [2.24, 2.45) is 0 Å². The molecule has 0 saturated carbocycles. The zero-order chi connectivity index (χ0) is 18.5. The predicted octanol–water partition coefficient (Wildman–Crippen LogP) is 4.33. The fourth-order valence-corrected chi connectivity index (χ4v) is 2.91. The topological polar surface area (TPSA) is 71.5 Å². The van der Waals surface area contributed by atoms with Crippen LogP contribution in [0.5, 0.6) is 5.75 Å². The Kier molecular flexibility index (Phi) is 5.31. The van der Waals surface area contributed by atoms with Gasteiger partial charge in [-0.25, -0.2) is 9.37 Å². The number of hydrogen-bond donors (Lipinski definition) is 2. The van der Waals surface area contributed by atoms with Gasteiger partial charge in [-0.2, -0.15) is 0 Å². The number of aromatic nitrogens is 1. The number of nitrogens with one attached hydrogen (secondary N) is 1.